The van der Waals surface area contributed by atoms with E-state index in [0.29, 0.717) is 5.92 Å². The van der Waals surface area contributed by atoms with Gasteiger partial charge in [-0.05, 0) is 37.7 Å². The maximum absolute atomic E-state index is 10.8. The lowest BCUT2D eigenvalue weighted by Gasteiger charge is -2.36. The summed E-state index contributed by atoms with van der Waals surface area (Å²) in [7, 11) is 0. The van der Waals surface area contributed by atoms with Gasteiger partial charge in [-0.25, -0.2) is 4.98 Å². The molecule has 3 atom stereocenters. The van der Waals surface area contributed by atoms with Crippen LogP contribution in [0.1, 0.15) is 37.8 Å². The predicted molar refractivity (Wildman–Crippen MR) is 92.4 cm³/mol. The zero-order valence-electron chi connectivity index (χ0n) is 14.0. The Hall–Kier alpha value is -1.69. The molecule has 0 saturated carbocycles. The summed E-state index contributed by atoms with van der Waals surface area (Å²) < 4.78 is 2.19. The number of fused-ring (bicyclic) bond motifs is 3. The lowest BCUT2D eigenvalue weighted by Crippen LogP contribution is -2.42. The fourth-order valence-corrected chi connectivity index (χ4v) is 4.27. The van der Waals surface area contributed by atoms with E-state index in [2.05, 4.69) is 38.7 Å². The summed E-state index contributed by atoms with van der Waals surface area (Å²) >= 11 is 0. The second-order valence-corrected chi connectivity index (χ2v) is 7.10. The van der Waals surface area contributed by atoms with Crippen molar-refractivity contribution in [1.29, 1.82) is 0 Å². The lowest BCUT2D eigenvalue weighted by molar-refractivity contribution is -0.0251. The van der Waals surface area contributed by atoms with E-state index in [4.69, 9.17) is 0 Å². The molecule has 3 heterocycles. The molecule has 5 heteroatoms. The Balaban J connectivity index is 1.48. The smallest absolute Gasteiger partial charge is 0.104 e. The number of piperidine rings is 1. The fraction of sp³-hybridized carbons (Fsp3) is 0.526. The predicted octanol–water partition coefficient (Wildman–Crippen LogP) is 2.25. The van der Waals surface area contributed by atoms with Crippen LogP contribution >= 0.6 is 0 Å². The fourth-order valence-electron chi connectivity index (χ4n) is 4.27. The van der Waals surface area contributed by atoms with Gasteiger partial charge in [0.2, 0.25) is 0 Å². The third-order valence-corrected chi connectivity index (χ3v) is 5.71. The van der Waals surface area contributed by atoms with Crippen LogP contribution in [0.5, 0.6) is 0 Å². The molecule has 3 unspecified atom stereocenters. The Morgan fingerprint density at radius 1 is 1.21 bits per heavy atom. The summed E-state index contributed by atoms with van der Waals surface area (Å²) in [6, 6.07) is 8.59. The number of aliphatic hydroxyl groups excluding tert-OH is 2. The van der Waals surface area contributed by atoms with Gasteiger partial charge in [-0.2, -0.15) is 0 Å². The van der Waals surface area contributed by atoms with Crippen molar-refractivity contribution in [1.82, 2.24) is 14.5 Å². The number of aliphatic hydroxyl groups is 2. The first-order chi connectivity index (χ1) is 11.6. The number of aromatic nitrogens is 2. The van der Waals surface area contributed by atoms with Gasteiger partial charge in [-0.15, -0.1) is 0 Å². The lowest BCUT2D eigenvalue weighted by atomic mass is 9.86. The molecule has 2 aliphatic heterocycles. The van der Waals surface area contributed by atoms with Gasteiger partial charge in [-0.3, -0.25) is 4.90 Å². The van der Waals surface area contributed by atoms with Crippen molar-refractivity contribution >= 4 is 0 Å². The highest BCUT2D eigenvalue weighted by molar-refractivity contribution is 5.68. The normalized spacial score (nSPS) is 23.7. The van der Waals surface area contributed by atoms with Gasteiger partial charge in [0, 0.05) is 18.7 Å². The van der Waals surface area contributed by atoms with Crippen LogP contribution < -0.4 is 0 Å². The Labute approximate surface area is 142 Å². The van der Waals surface area contributed by atoms with Gasteiger partial charge in [-0.1, -0.05) is 24.3 Å². The first kappa shape index (κ1) is 15.8. The average molecular weight is 327 g/mol. The molecule has 128 valence electrons. The molecule has 1 aromatic carbocycles. The minimum Gasteiger partial charge on any atom is -0.393 e. The van der Waals surface area contributed by atoms with Crippen LogP contribution in [-0.4, -0.2) is 50.1 Å². The van der Waals surface area contributed by atoms with Crippen LogP contribution in [0, 0.1) is 5.92 Å². The van der Waals surface area contributed by atoms with E-state index in [1.807, 2.05) is 19.4 Å². The Morgan fingerprint density at radius 2 is 1.96 bits per heavy atom. The Bertz CT molecular complexity index is 704. The molecule has 0 radical (unpaired) electrons. The highest BCUT2D eigenvalue weighted by Crippen LogP contribution is 2.42. The SMILES string of the molecule is CC(O)N1CCC(C(O)CC2c3ccccc3-c3cncn32)CC1. The highest BCUT2D eigenvalue weighted by atomic mass is 16.3. The van der Waals surface area contributed by atoms with E-state index in [9.17, 15) is 10.2 Å². The van der Waals surface area contributed by atoms with Crippen LogP contribution in [0.2, 0.25) is 0 Å². The topological polar surface area (TPSA) is 61.5 Å². The summed E-state index contributed by atoms with van der Waals surface area (Å²) in [5, 5.41) is 20.5. The molecule has 1 aromatic heterocycles. The molecular weight excluding hydrogens is 302 g/mol. The second kappa shape index (κ2) is 6.31. The maximum Gasteiger partial charge on any atom is 0.104 e. The minimum absolute atomic E-state index is 0.170. The molecule has 1 saturated heterocycles. The van der Waals surface area contributed by atoms with E-state index in [1.165, 1.54) is 11.1 Å². The van der Waals surface area contributed by atoms with E-state index in [-0.39, 0.29) is 12.1 Å². The molecule has 0 bridgehead atoms. The summed E-state index contributed by atoms with van der Waals surface area (Å²) in [5.74, 6) is 0.305. The second-order valence-electron chi connectivity index (χ2n) is 7.10. The zero-order chi connectivity index (χ0) is 16.7. The molecule has 4 rings (SSSR count). The van der Waals surface area contributed by atoms with Crippen molar-refractivity contribution in [2.75, 3.05) is 13.1 Å². The number of hydrogen-bond donors (Lipinski definition) is 2. The van der Waals surface area contributed by atoms with Gasteiger partial charge >= 0.3 is 0 Å². The van der Waals surface area contributed by atoms with Crippen molar-refractivity contribution in [2.24, 2.45) is 5.92 Å². The van der Waals surface area contributed by atoms with Crippen molar-refractivity contribution in [3.63, 3.8) is 0 Å². The van der Waals surface area contributed by atoms with Crippen molar-refractivity contribution in [3.05, 3.63) is 42.4 Å². The molecule has 5 nitrogen and oxygen atoms in total. The van der Waals surface area contributed by atoms with Crippen LogP contribution in [-0.2, 0) is 0 Å². The summed E-state index contributed by atoms with van der Waals surface area (Å²) in [4.78, 5) is 6.36. The number of benzene rings is 1. The molecule has 2 aliphatic rings. The molecule has 0 amide bonds. The van der Waals surface area contributed by atoms with E-state index < -0.39 is 6.23 Å². The summed E-state index contributed by atoms with van der Waals surface area (Å²) in [5.41, 5.74) is 3.67. The monoisotopic (exact) mass is 327 g/mol. The third-order valence-electron chi connectivity index (χ3n) is 5.71. The summed E-state index contributed by atoms with van der Waals surface area (Å²) in [6.45, 7) is 3.53. The Morgan fingerprint density at radius 3 is 2.71 bits per heavy atom. The zero-order valence-corrected chi connectivity index (χ0v) is 14.0. The molecule has 0 aliphatic carbocycles. The molecule has 0 spiro atoms. The first-order valence-electron chi connectivity index (χ1n) is 8.86. The Kier molecular flexibility index (Phi) is 4.16. The minimum atomic E-state index is -0.390. The molecule has 2 N–H and O–H groups in total. The highest BCUT2D eigenvalue weighted by Gasteiger charge is 2.33. The molecular formula is C19H25N3O2. The molecule has 2 aromatic rings. The first-order valence-corrected chi connectivity index (χ1v) is 8.86. The van der Waals surface area contributed by atoms with Crippen molar-refractivity contribution < 1.29 is 10.2 Å². The number of nitrogens with zero attached hydrogens (tertiary/aromatic N) is 3. The molecule has 24 heavy (non-hydrogen) atoms. The van der Waals surface area contributed by atoms with E-state index >= 15 is 0 Å². The number of likely N-dealkylation sites (tertiary alicyclic amines) is 1. The quantitative estimate of drug-likeness (QED) is 0.904. The number of imidazole rings is 1. The molecule has 1 fully saturated rings. The van der Waals surface area contributed by atoms with Crippen LogP contribution in [0.3, 0.4) is 0 Å². The van der Waals surface area contributed by atoms with Crippen LogP contribution in [0.4, 0.5) is 0 Å². The largest absolute Gasteiger partial charge is 0.393 e. The maximum atomic E-state index is 10.8. The van der Waals surface area contributed by atoms with Gasteiger partial charge in [0.15, 0.2) is 0 Å². The van der Waals surface area contributed by atoms with Crippen LogP contribution in [0.25, 0.3) is 11.3 Å². The van der Waals surface area contributed by atoms with E-state index in [1.54, 1.807) is 0 Å². The van der Waals surface area contributed by atoms with Gasteiger partial charge in [0.05, 0.1) is 30.4 Å². The van der Waals surface area contributed by atoms with Crippen molar-refractivity contribution in [3.8, 4) is 11.3 Å². The average Bonchev–Trinajstić information content (AvgIpc) is 3.18. The van der Waals surface area contributed by atoms with Gasteiger partial charge < -0.3 is 14.8 Å². The van der Waals surface area contributed by atoms with Crippen LogP contribution in [0.15, 0.2) is 36.8 Å². The van der Waals surface area contributed by atoms with Gasteiger partial charge in [0.25, 0.3) is 0 Å². The third kappa shape index (κ3) is 2.66. The van der Waals surface area contributed by atoms with Gasteiger partial charge in [0.1, 0.15) is 6.23 Å². The van der Waals surface area contributed by atoms with Crippen molar-refractivity contribution in [2.45, 2.75) is 44.6 Å². The standard InChI is InChI=1S/C19H25N3O2/c1-13(23)21-8-6-14(7-9-21)19(24)10-17-15-4-2-3-5-16(15)18-11-20-12-22(17)18/h2-5,11-14,17,19,23-24H,6-10H2,1H3. The summed E-state index contributed by atoms with van der Waals surface area (Å²) in [6.07, 6.45) is 5.68. The van der Waals surface area contributed by atoms with E-state index in [0.717, 1.165) is 38.0 Å². The number of hydrogen-bond acceptors (Lipinski definition) is 4. The number of rotatable bonds is 4.